The summed E-state index contributed by atoms with van der Waals surface area (Å²) in [5.41, 5.74) is 4.63. The fourth-order valence-corrected chi connectivity index (χ4v) is 5.23. The topological polar surface area (TPSA) is 45.6 Å². The summed E-state index contributed by atoms with van der Waals surface area (Å²) >= 11 is 5.61. The highest BCUT2D eigenvalue weighted by Crippen LogP contribution is 2.30. The monoisotopic (exact) mass is 493 g/mol. The number of aryl methyl sites for hydroxylation is 1. The quantitative estimate of drug-likeness (QED) is 0.189. The molecule has 0 bridgehead atoms. The van der Waals surface area contributed by atoms with Crippen LogP contribution in [0.5, 0.6) is 0 Å². The molecule has 4 aromatic rings. The highest BCUT2D eigenvalue weighted by atomic mass is 32.1. The molecular formula is C30H27N3O2S. The van der Waals surface area contributed by atoms with Gasteiger partial charge in [0.2, 0.25) is 0 Å². The highest BCUT2D eigenvalue weighted by Gasteiger charge is 2.40. The molecule has 0 aliphatic carbocycles. The summed E-state index contributed by atoms with van der Waals surface area (Å²) in [4.78, 5) is 30.1. The summed E-state index contributed by atoms with van der Waals surface area (Å²) in [6.45, 7) is 6.49. The Kier molecular flexibility index (Phi) is 6.29. The zero-order valence-corrected chi connectivity index (χ0v) is 21.4. The maximum Gasteiger partial charge on any atom is 0.270 e. The Morgan fingerprint density at radius 3 is 2.31 bits per heavy atom. The van der Waals surface area contributed by atoms with Crippen molar-refractivity contribution in [1.82, 2.24) is 9.47 Å². The van der Waals surface area contributed by atoms with E-state index in [1.54, 1.807) is 6.08 Å². The van der Waals surface area contributed by atoms with Crippen LogP contribution in [0.25, 0.3) is 22.5 Å². The van der Waals surface area contributed by atoms with Crippen molar-refractivity contribution in [1.29, 1.82) is 0 Å². The van der Waals surface area contributed by atoms with E-state index in [1.165, 1.54) is 9.80 Å². The van der Waals surface area contributed by atoms with E-state index in [-0.39, 0.29) is 16.6 Å². The van der Waals surface area contributed by atoms with E-state index < -0.39 is 5.91 Å². The van der Waals surface area contributed by atoms with E-state index >= 15 is 0 Å². The summed E-state index contributed by atoms with van der Waals surface area (Å²) in [5, 5.41) is 2.51. The Labute approximate surface area is 216 Å². The van der Waals surface area contributed by atoms with E-state index in [1.807, 2.05) is 75.4 Å². The van der Waals surface area contributed by atoms with Crippen LogP contribution in [0.15, 0.2) is 84.4 Å². The molecule has 1 aromatic heterocycles. The lowest BCUT2D eigenvalue weighted by Gasteiger charge is -2.36. The average Bonchev–Trinajstić information content (AvgIpc) is 3.17. The van der Waals surface area contributed by atoms with Crippen molar-refractivity contribution in [3.8, 4) is 5.69 Å². The van der Waals surface area contributed by atoms with Gasteiger partial charge in [-0.05, 0) is 73.8 Å². The molecule has 180 valence electrons. The number of carbonyl (C=O) groups excluding carboxylic acids is 2. The van der Waals surface area contributed by atoms with Crippen molar-refractivity contribution in [3.05, 3.63) is 101 Å². The number of benzene rings is 3. The van der Waals surface area contributed by atoms with Gasteiger partial charge in [0.05, 0.1) is 11.4 Å². The van der Waals surface area contributed by atoms with E-state index in [2.05, 4.69) is 28.8 Å². The highest BCUT2D eigenvalue weighted by molar-refractivity contribution is 7.80. The molecule has 5 nitrogen and oxygen atoms in total. The van der Waals surface area contributed by atoms with Crippen molar-refractivity contribution in [2.45, 2.75) is 27.2 Å². The third kappa shape index (κ3) is 3.93. The van der Waals surface area contributed by atoms with Gasteiger partial charge in [-0.15, -0.1) is 0 Å². The average molecular weight is 494 g/mol. The van der Waals surface area contributed by atoms with Crippen molar-refractivity contribution < 1.29 is 9.59 Å². The van der Waals surface area contributed by atoms with Gasteiger partial charge in [-0.1, -0.05) is 61.5 Å². The van der Waals surface area contributed by atoms with Gasteiger partial charge >= 0.3 is 0 Å². The number of amides is 2. The predicted molar refractivity (Wildman–Crippen MR) is 149 cm³/mol. The molecule has 1 aliphatic rings. The van der Waals surface area contributed by atoms with Gasteiger partial charge in [-0.2, -0.15) is 0 Å². The Balaban J connectivity index is 1.64. The number of thiocarbonyl (C=S) groups is 1. The largest absolute Gasteiger partial charge is 0.317 e. The molecule has 1 saturated heterocycles. The number of para-hydroxylation sites is 1. The SMILES string of the molecule is CCCN1C(=O)/C(=C\c2cc(C)n(-c3cccc4ccccc34)c2C)C(=O)N(c2ccccc2)C1=S. The van der Waals surface area contributed by atoms with Crippen molar-refractivity contribution in [2.24, 2.45) is 0 Å². The smallest absolute Gasteiger partial charge is 0.270 e. The van der Waals surface area contributed by atoms with Gasteiger partial charge in [0.25, 0.3) is 11.8 Å². The molecule has 0 N–H and O–H groups in total. The molecule has 3 aromatic carbocycles. The maximum atomic E-state index is 13.7. The summed E-state index contributed by atoms with van der Waals surface area (Å²) in [6, 6.07) is 25.8. The molecule has 0 saturated carbocycles. The van der Waals surface area contributed by atoms with Crippen molar-refractivity contribution >= 4 is 51.7 Å². The predicted octanol–water partition coefficient (Wildman–Crippen LogP) is 6.20. The number of nitrogens with zero attached hydrogens (tertiary/aromatic N) is 3. The van der Waals surface area contributed by atoms with Crippen LogP contribution in [0, 0.1) is 13.8 Å². The second kappa shape index (κ2) is 9.55. The van der Waals surface area contributed by atoms with Gasteiger partial charge in [-0.3, -0.25) is 19.4 Å². The Morgan fingerprint density at radius 2 is 1.56 bits per heavy atom. The van der Waals surface area contributed by atoms with Crippen molar-refractivity contribution in [2.75, 3.05) is 11.4 Å². The lowest BCUT2D eigenvalue weighted by Crippen LogP contribution is -2.56. The van der Waals surface area contributed by atoms with Gasteiger partial charge in [-0.25, -0.2) is 0 Å². The fraction of sp³-hybridized carbons (Fsp3) is 0.167. The molecule has 2 heterocycles. The lowest BCUT2D eigenvalue weighted by atomic mass is 10.1. The number of hydrogen-bond donors (Lipinski definition) is 0. The number of anilines is 1. The van der Waals surface area contributed by atoms with Gasteiger partial charge in [0.1, 0.15) is 5.57 Å². The molecule has 0 atom stereocenters. The number of hydrogen-bond acceptors (Lipinski definition) is 3. The maximum absolute atomic E-state index is 13.7. The molecule has 1 aliphatic heterocycles. The zero-order chi connectivity index (χ0) is 25.4. The Morgan fingerprint density at radius 1 is 0.861 bits per heavy atom. The molecular weight excluding hydrogens is 466 g/mol. The summed E-state index contributed by atoms with van der Waals surface area (Å²) < 4.78 is 2.18. The first kappa shape index (κ1) is 23.7. The van der Waals surface area contributed by atoms with Crippen LogP contribution >= 0.6 is 12.2 Å². The number of carbonyl (C=O) groups is 2. The first-order valence-electron chi connectivity index (χ1n) is 12.1. The van der Waals surface area contributed by atoms with Crippen LogP contribution in [0.1, 0.15) is 30.3 Å². The molecule has 0 unspecified atom stereocenters. The van der Waals surface area contributed by atoms with E-state index in [0.29, 0.717) is 12.2 Å². The van der Waals surface area contributed by atoms with Crippen LogP contribution in [-0.2, 0) is 9.59 Å². The second-order valence-electron chi connectivity index (χ2n) is 8.93. The third-order valence-electron chi connectivity index (χ3n) is 6.57. The molecule has 2 amide bonds. The summed E-state index contributed by atoms with van der Waals surface area (Å²) in [6.07, 6.45) is 2.45. The molecule has 0 radical (unpaired) electrons. The van der Waals surface area contributed by atoms with Crippen LogP contribution in [0.3, 0.4) is 0 Å². The van der Waals surface area contributed by atoms with E-state index in [0.717, 1.165) is 39.8 Å². The van der Waals surface area contributed by atoms with Crippen LogP contribution in [-0.4, -0.2) is 32.9 Å². The van der Waals surface area contributed by atoms with Gasteiger partial charge in [0.15, 0.2) is 5.11 Å². The molecule has 5 rings (SSSR count). The Bertz CT molecular complexity index is 1530. The minimum atomic E-state index is -0.404. The number of fused-ring (bicyclic) bond motifs is 1. The first-order chi connectivity index (χ1) is 17.4. The van der Waals surface area contributed by atoms with Crippen molar-refractivity contribution in [3.63, 3.8) is 0 Å². The van der Waals surface area contributed by atoms with Crippen LogP contribution in [0.2, 0.25) is 0 Å². The number of aromatic nitrogens is 1. The molecule has 1 fully saturated rings. The Hall–Kier alpha value is -4.03. The zero-order valence-electron chi connectivity index (χ0n) is 20.6. The minimum Gasteiger partial charge on any atom is -0.317 e. The second-order valence-corrected chi connectivity index (χ2v) is 9.30. The molecule has 0 spiro atoms. The number of rotatable bonds is 5. The van der Waals surface area contributed by atoms with E-state index in [4.69, 9.17) is 12.2 Å². The normalized spacial score (nSPS) is 15.4. The standard InChI is InChI=1S/C30H27N3O2S/c1-4-17-31-28(34)26(29(35)33(30(31)36)24-13-6-5-7-14-24)19-23-18-20(2)32(21(23)3)27-16-10-12-22-11-8-9-15-25(22)27/h5-16,18-19H,4,17H2,1-3H3/b26-19+. The molecule has 6 heteroatoms. The summed E-state index contributed by atoms with van der Waals surface area (Å²) in [7, 11) is 0. The third-order valence-corrected chi connectivity index (χ3v) is 6.97. The van der Waals surface area contributed by atoms with Crippen LogP contribution in [0.4, 0.5) is 5.69 Å². The fourth-order valence-electron chi connectivity index (χ4n) is 4.86. The summed E-state index contributed by atoms with van der Waals surface area (Å²) in [5.74, 6) is -0.757. The van der Waals surface area contributed by atoms with Crippen LogP contribution < -0.4 is 4.90 Å². The van der Waals surface area contributed by atoms with E-state index in [9.17, 15) is 9.59 Å². The lowest BCUT2D eigenvalue weighted by molar-refractivity contribution is -0.127. The molecule has 36 heavy (non-hydrogen) atoms. The first-order valence-corrected chi connectivity index (χ1v) is 12.5. The van der Waals surface area contributed by atoms with Gasteiger partial charge < -0.3 is 4.57 Å². The minimum absolute atomic E-state index is 0.110. The van der Waals surface area contributed by atoms with Gasteiger partial charge in [0, 0.05) is 23.3 Å².